The van der Waals surface area contributed by atoms with Crippen molar-refractivity contribution in [2.24, 2.45) is 17.1 Å². The number of nitrogens with zero attached hydrogens (tertiary/aromatic N) is 1. The van der Waals surface area contributed by atoms with E-state index in [2.05, 4.69) is 5.32 Å². The number of hydrogen-bond donors (Lipinski definition) is 2. The van der Waals surface area contributed by atoms with Crippen molar-refractivity contribution in [3.05, 3.63) is 0 Å². The van der Waals surface area contributed by atoms with Crippen LogP contribution in [0.1, 0.15) is 25.7 Å². The number of primary amides is 1. The first-order valence-corrected chi connectivity index (χ1v) is 7.54. The second kappa shape index (κ2) is 6.50. The maximum Gasteiger partial charge on any atom is 0.248 e. The van der Waals surface area contributed by atoms with Crippen LogP contribution in [-0.2, 0) is 14.3 Å². The number of morpholine rings is 1. The van der Waals surface area contributed by atoms with Crippen molar-refractivity contribution in [1.82, 2.24) is 10.2 Å². The molecule has 0 aromatic carbocycles. The van der Waals surface area contributed by atoms with Gasteiger partial charge in [-0.25, -0.2) is 0 Å². The normalized spacial score (nSPS) is 35.7. The minimum Gasteiger partial charge on any atom is -0.367 e. The third-order valence-corrected chi connectivity index (χ3v) is 5.14. The van der Waals surface area contributed by atoms with Gasteiger partial charge in [-0.3, -0.25) is 9.59 Å². The fraction of sp³-hybridized carbons (Fsp3) is 0.857. The van der Waals surface area contributed by atoms with Crippen molar-refractivity contribution < 1.29 is 14.3 Å². The van der Waals surface area contributed by atoms with E-state index in [4.69, 9.17) is 10.5 Å². The van der Waals surface area contributed by atoms with E-state index < -0.39 is 12.0 Å². The smallest absolute Gasteiger partial charge is 0.248 e. The third kappa shape index (κ3) is 2.89. The molecule has 0 radical (unpaired) electrons. The van der Waals surface area contributed by atoms with Crippen LogP contribution in [-0.4, -0.2) is 55.6 Å². The Labute approximate surface area is 131 Å². The number of halogens is 1. The molecular formula is C14H24ClN3O3. The molecule has 3 atom stereocenters. The monoisotopic (exact) mass is 317 g/mol. The molecule has 0 aromatic rings. The largest absolute Gasteiger partial charge is 0.367 e. The first kappa shape index (κ1) is 16.5. The number of nitrogens with two attached hydrogens (primary N) is 1. The summed E-state index contributed by atoms with van der Waals surface area (Å²) in [4.78, 5) is 26.1. The Bertz CT molecular complexity index is 420. The predicted octanol–water partition coefficient (Wildman–Crippen LogP) is -0.0993. The molecule has 1 saturated carbocycles. The topological polar surface area (TPSA) is 84.7 Å². The fourth-order valence-corrected chi connectivity index (χ4v) is 3.99. The van der Waals surface area contributed by atoms with Gasteiger partial charge in [-0.15, -0.1) is 12.4 Å². The zero-order valence-electron chi connectivity index (χ0n) is 12.2. The van der Waals surface area contributed by atoms with Crippen LogP contribution in [0.3, 0.4) is 0 Å². The highest BCUT2D eigenvalue weighted by atomic mass is 35.5. The number of fused-ring (bicyclic) bond motifs is 1. The van der Waals surface area contributed by atoms with E-state index in [1.54, 1.807) is 4.90 Å². The first-order chi connectivity index (χ1) is 9.63. The molecule has 7 heteroatoms. The van der Waals surface area contributed by atoms with Crippen LogP contribution in [0.5, 0.6) is 0 Å². The van der Waals surface area contributed by atoms with E-state index in [0.29, 0.717) is 25.6 Å². The van der Waals surface area contributed by atoms with Gasteiger partial charge in [0.15, 0.2) is 6.10 Å². The molecule has 1 unspecified atom stereocenters. The molecular weight excluding hydrogens is 294 g/mol. The third-order valence-electron chi connectivity index (χ3n) is 5.14. The summed E-state index contributed by atoms with van der Waals surface area (Å²) in [5.74, 6) is 0.158. The minimum absolute atomic E-state index is 0. The first-order valence-electron chi connectivity index (χ1n) is 7.54. The Balaban J connectivity index is 0.00000161. The van der Waals surface area contributed by atoms with Gasteiger partial charge in [0.2, 0.25) is 11.8 Å². The number of hydrogen-bond acceptors (Lipinski definition) is 4. The Kier molecular flexibility index (Phi) is 5.11. The lowest BCUT2D eigenvalue weighted by Crippen LogP contribution is -2.56. The van der Waals surface area contributed by atoms with E-state index in [1.807, 2.05) is 0 Å². The number of rotatable bonds is 2. The van der Waals surface area contributed by atoms with E-state index in [1.165, 1.54) is 6.42 Å². The van der Waals surface area contributed by atoms with Gasteiger partial charge in [-0.05, 0) is 25.3 Å². The second-order valence-corrected chi connectivity index (χ2v) is 6.24. The SMILES string of the molecule is Cl.NC(=O)C1CN(C(=O)[C@@]23CCCC[C@H]2CNC3)CCO1. The predicted molar refractivity (Wildman–Crippen MR) is 80.0 cm³/mol. The molecule has 2 amide bonds. The molecule has 2 saturated heterocycles. The zero-order valence-corrected chi connectivity index (χ0v) is 13.0. The molecule has 120 valence electrons. The lowest BCUT2D eigenvalue weighted by molar-refractivity contribution is -0.155. The minimum atomic E-state index is -0.652. The van der Waals surface area contributed by atoms with Gasteiger partial charge < -0.3 is 20.7 Å². The van der Waals surface area contributed by atoms with Crippen LogP contribution in [0.15, 0.2) is 0 Å². The second-order valence-electron chi connectivity index (χ2n) is 6.24. The van der Waals surface area contributed by atoms with Gasteiger partial charge >= 0.3 is 0 Å². The number of amides is 2. The molecule has 0 spiro atoms. The Morgan fingerprint density at radius 2 is 2.14 bits per heavy atom. The number of ether oxygens (including phenoxy) is 1. The lowest BCUT2D eigenvalue weighted by atomic mass is 9.67. The summed E-state index contributed by atoms with van der Waals surface area (Å²) in [6.45, 7) is 2.98. The van der Waals surface area contributed by atoms with Crippen LogP contribution in [0.4, 0.5) is 0 Å². The van der Waals surface area contributed by atoms with Crippen molar-refractivity contribution in [2.45, 2.75) is 31.8 Å². The molecule has 0 bridgehead atoms. The van der Waals surface area contributed by atoms with Crippen molar-refractivity contribution in [3.63, 3.8) is 0 Å². The van der Waals surface area contributed by atoms with Gasteiger partial charge in [0.05, 0.1) is 18.6 Å². The van der Waals surface area contributed by atoms with Gasteiger partial charge in [0, 0.05) is 13.1 Å². The number of carbonyl (C=O) groups is 2. The van der Waals surface area contributed by atoms with Gasteiger partial charge in [0.1, 0.15) is 0 Å². The molecule has 6 nitrogen and oxygen atoms in total. The van der Waals surface area contributed by atoms with E-state index in [-0.39, 0.29) is 23.7 Å². The molecule has 0 aromatic heterocycles. The molecule has 3 fully saturated rings. The molecule has 1 aliphatic carbocycles. The Morgan fingerprint density at radius 1 is 1.33 bits per heavy atom. The lowest BCUT2D eigenvalue weighted by Gasteiger charge is -2.42. The van der Waals surface area contributed by atoms with Crippen molar-refractivity contribution in [1.29, 1.82) is 0 Å². The molecule has 2 heterocycles. The zero-order chi connectivity index (χ0) is 14.2. The molecule has 3 aliphatic rings. The standard InChI is InChI=1S/C14H23N3O3.ClH/c15-12(18)11-8-17(5-6-20-11)13(19)14-4-2-1-3-10(14)7-16-9-14;/h10-11,16H,1-9H2,(H2,15,18);1H/t10-,11?,14+;/m0./s1. The van der Waals surface area contributed by atoms with Gasteiger partial charge in [-0.2, -0.15) is 0 Å². The summed E-state index contributed by atoms with van der Waals surface area (Å²) in [6.07, 6.45) is 3.77. The highest BCUT2D eigenvalue weighted by molar-refractivity contribution is 5.86. The van der Waals surface area contributed by atoms with Gasteiger partial charge in [0.25, 0.3) is 0 Å². The average Bonchev–Trinajstić information content (AvgIpc) is 2.91. The summed E-state index contributed by atoms with van der Waals surface area (Å²) in [5.41, 5.74) is 5.05. The van der Waals surface area contributed by atoms with Crippen LogP contribution in [0, 0.1) is 11.3 Å². The molecule has 3 rings (SSSR count). The summed E-state index contributed by atoms with van der Waals surface area (Å²) < 4.78 is 5.33. The quantitative estimate of drug-likeness (QED) is 0.745. The number of carbonyl (C=O) groups excluding carboxylic acids is 2. The molecule has 3 N–H and O–H groups in total. The Hall–Kier alpha value is -0.850. The molecule has 21 heavy (non-hydrogen) atoms. The summed E-state index contributed by atoms with van der Waals surface area (Å²) >= 11 is 0. The highest BCUT2D eigenvalue weighted by Gasteiger charge is 2.51. The fourth-order valence-electron chi connectivity index (χ4n) is 3.99. The van der Waals surface area contributed by atoms with E-state index in [0.717, 1.165) is 32.4 Å². The van der Waals surface area contributed by atoms with Gasteiger partial charge in [-0.1, -0.05) is 12.8 Å². The van der Waals surface area contributed by atoms with Crippen molar-refractivity contribution in [3.8, 4) is 0 Å². The summed E-state index contributed by atoms with van der Waals surface area (Å²) in [5, 5.41) is 3.39. The van der Waals surface area contributed by atoms with Crippen LogP contribution in [0.2, 0.25) is 0 Å². The van der Waals surface area contributed by atoms with Crippen LogP contribution >= 0.6 is 12.4 Å². The van der Waals surface area contributed by atoms with Crippen molar-refractivity contribution in [2.75, 3.05) is 32.8 Å². The number of nitrogens with one attached hydrogen (secondary N) is 1. The Morgan fingerprint density at radius 3 is 2.90 bits per heavy atom. The highest BCUT2D eigenvalue weighted by Crippen LogP contribution is 2.45. The summed E-state index contributed by atoms with van der Waals surface area (Å²) in [7, 11) is 0. The van der Waals surface area contributed by atoms with E-state index in [9.17, 15) is 9.59 Å². The maximum atomic E-state index is 13.0. The van der Waals surface area contributed by atoms with E-state index >= 15 is 0 Å². The maximum absolute atomic E-state index is 13.0. The van der Waals surface area contributed by atoms with Crippen LogP contribution in [0.25, 0.3) is 0 Å². The summed E-state index contributed by atoms with van der Waals surface area (Å²) in [6, 6.07) is 0. The van der Waals surface area contributed by atoms with Crippen molar-refractivity contribution >= 4 is 24.2 Å². The average molecular weight is 318 g/mol. The molecule has 2 aliphatic heterocycles. The van der Waals surface area contributed by atoms with Crippen LogP contribution < -0.4 is 11.1 Å².